The second-order valence-corrected chi connectivity index (χ2v) is 4.16. The van der Waals surface area contributed by atoms with E-state index in [-0.39, 0.29) is 25.0 Å². The predicted molar refractivity (Wildman–Crippen MR) is 63.3 cm³/mol. The van der Waals surface area contributed by atoms with Gasteiger partial charge in [0.15, 0.2) is 0 Å². The van der Waals surface area contributed by atoms with Crippen LogP contribution in [0.3, 0.4) is 0 Å². The number of nitrogens with one attached hydrogen (secondary N) is 1. The third kappa shape index (κ3) is 4.45. The van der Waals surface area contributed by atoms with Crippen LogP contribution in [0.2, 0.25) is 0 Å². The van der Waals surface area contributed by atoms with Gasteiger partial charge >= 0.3 is 5.97 Å². The highest BCUT2D eigenvalue weighted by atomic mass is 16.4. The molecule has 1 aliphatic rings. The molecule has 0 aliphatic heterocycles. The van der Waals surface area contributed by atoms with Crippen molar-refractivity contribution in [1.82, 2.24) is 10.2 Å². The van der Waals surface area contributed by atoms with Crippen molar-refractivity contribution < 1.29 is 14.7 Å². The van der Waals surface area contributed by atoms with Crippen molar-refractivity contribution in [3.05, 3.63) is 0 Å². The summed E-state index contributed by atoms with van der Waals surface area (Å²) in [6.45, 7) is 0.201. The summed E-state index contributed by atoms with van der Waals surface area (Å²) in [6, 6.07) is 0.0752. The number of carbonyl (C=O) groups excluding carboxylic acids is 1. The second kappa shape index (κ2) is 6.92. The Morgan fingerprint density at radius 3 is 2.59 bits per heavy atom. The molecule has 1 saturated carbocycles. The zero-order valence-electron chi connectivity index (χ0n) is 9.82. The molecule has 94 valence electrons. The van der Waals surface area contributed by atoms with Gasteiger partial charge in [-0.2, -0.15) is 0 Å². The Bertz CT molecular complexity index is 316. The summed E-state index contributed by atoms with van der Waals surface area (Å²) >= 11 is 0. The lowest BCUT2D eigenvalue weighted by Gasteiger charge is -2.27. The zero-order chi connectivity index (χ0) is 12.7. The fourth-order valence-electron chi connectivity index (χ4n) is 2.13. The molecule has 1 fully saturated rings. The molecular formula is C12H18N2O3. The van der Waals surface area contributed by atoms with E-state index < -0.39 is 5.97 Å². The fraction of sp³-hybridized carbons (Fsp3) is 0.667. The number of rotatable bonds is 6. The maximum absolute atomic E-state index is 11.9. The number of carboxylic acid groups (broad SMARTS) is 1. The molecule has 0 radical (unpaired) electrons. The molecule has 0 aromatic heterocycles. The minimum Gasteiger partial charge on any atom is -0.480 e. The molecule has 0 aromatic rings. The lowest BCUT2D eigenvalue weighted by atomic mass is 10.2. The molecule has 17 heavy (non-hydrogen) atoms. The molecule has 1 rings (SSSR count). The van der Waals surface area contributed by atoms with Crippen LogP contribution in [-0.2, 0) is 9.59 Å². The normalized spacial score (nSPS) is 15.5. The number of nitrogens with zero attached hydrogens (tertiary/aromatic N) is 1. The summed E-state index contributed by atoms with van der Waals surface area (Å²) in [5, 5.41) is 11.6. The van der Waals surface area contributed by atoms with Crippen LogP contribution in [0.15, 0.2) is 0 Å². The first-order valence-electron chi connectivity index (χ1n) is 5.80. The van der Waals surface area contributed by atoms with Gasteiger partial charge in [-0.1, -0.05) is 18.8 Å². The van der Waals surface area contributed by atoms with Gasteiger partial charge in [-0.05, 0) is 12.8 Å². The molecule has 2 N–H and O–H groups in total. The highest BCUT2D eigenvalue weighted by Crippen LogP contribution is 2.23. The van der Waals surface area contributed by atoms with Crippen LogP contribution in [0.25, 0.3) is 0 Å². The molecule has 0 aromatic carbocycles. The predicted octanol–water partition coefficient (Wildman–Crippen LogP) is 0.0650. The summed E-state index contributed by atoms with van der Waals surface area (Å²) in [7, 11) is 0. The standard InChI is InChI=1S/C12H18N2O3/c1-2-7-13-8-11(15)14(9-12(16)17)10-5-3-4-6-10/h1,10,13H,3-9H2,(H,16,17). The average molecular weight is 238 g/mol. The van der Waals surface area contributed by atoms with E-state index in [0.717, 1.165) is 25.7 Å². The topological polar surface area (TPSA) is 69.6 Å². The molecule has 0 spiro atoms. The minimum atomic E-state index is -0.970. The van der Waals surface area contributed by atoms with Crippen LogP contribution in [0.4, 0.5) is 0 Å². The first-order valence-corrected chi connectivity index (χ1v) is 5.80. The summed E-state index contributed by atoms with van der Waals surface area (Å²) in [5.74, 6) is 1.22. The highest BCUT2D eigenvalue weighted by molar-refractivity contribution is 5.83. The van der Waals surface area contributed by atoms with Gasteiger partial charge < -0.3 is 10.0 Å². The monoisotopic (exact) mass is 238 g/mol. The SMILES string of the molecule is C#CCNCC(=O)N(CC(=O)O)C1CCCC1. The van der Waals surface area contributed by atoms with Crippen LogP contribution >= 0.6 is 0 Å². The van der Waals surface area contributed by atoms with E-state index in [4.69, 9.17) is 11.5 Å². The number of amides is 1. The number of carboxylic acids is 1. The summed E-state index contributed by atoms with van der Waals surface area (Å²) in [5.41, 5.74) is 0. The Hall–Kier alpha value is -1.54. The number of carbonyl (C=O) groups is 2. The van der Waals surface area contributed by atoms with Gasteiger partial charge in [0.2, 0.25) is 5.91 Å². The van der Waals surface area contributed by atoms with Crippen molar-refractivity contribution in [2.75, 3.05) is 19.6 Å². The van der Waals surface area contributed by atoms with Crippen LogP contribution in [0, 0.1) is 12.3 Å². The molecule has 1 aliphatic carbocycles. The zero-order valence-corrected chi connectivity index (χ0v) is 9.82. The van der Waals surface area contributed by atoms with Gasteiger partial charge in [0, 0.05) is 6.04 Å². The summed E-state index contributed by atoms with van der Waals surface area (Å²) in [4.78, 5) is 24.1. The van der Waals surface area contributed by atoms with E-state index in [1.54, 1.807) is 0 Å². The Labute approximate surface area is 101 Å². The highest BCUT2D eigenvalue weighted by Gasteiger charge is 2.27. The molecule has 0 bridgehead atoms. The molecule has 5 nitrogen and oxygen atoms in total. The van der Waals surface area contributed by atoms with E-state index in [0.29, 0.717) is 6.54 Å². The Morgan fingerprint density at radius 1 is 1.41 bits per heavy atom. The molecule has 5 heteroatoms. The number of terminal acetylenes is 1. The molecule has 0 unspecified atom stereocenters. The lowest BCUT2D eigenvalue weighted by Crippen LogP contribution is -2.46. The fourth-order valence-corrected chi connectivity index (χ4v) is 2.13. The van der Waals surface area contributed by atoms with Crippen molar-refractivity contribution in [2.24, 2.45) is 0 Å². The second-order valence-electron chi connectivity index (χ2n) is 4.16. The van der Waals surface area contributed by atoms with Crippen LogP contribution < -0.4 is 5.32 Å². The van der Waals surface area contributed by atoms with Crippen LogP contribution in [0.5, 0.6) is 0 Å². The van der Waals surface area contributed by atoms with Crippen LogP contribution in [0.1, 0.15) is 25.7 Å². The third-order valence-electron chi connectivity index (χ3n) is 2.89. The van der Waals surface area contributed by atoms with Gasteiger partial charge in [-0.3, -0.25) is 14.9 Å². The smallest absolute Gasteiger partial charge is 0.323 e. The Balaban J connectivity index is 2.52. The molecule has 1 amide bonds. The van der Waals surface area contributed by atoms with E-state index >= 15 is 0 Å². The Morgan fingerprint density at radius 2 is 2.06 bits per heavy atom. The van der Waals surface area contributed by atoms with Gasteiger partial charge in [-0.15, -0.1) is 6.42 Å². The summed E-state index contributed by atoms with van der Waals surface area (Å²) < 4.78 is 0. The summed E-state index contributed by atoms with van der Waals surface area (Å²) in [6.07, 6.45) is 8.98. The van der Waals surface area contributed by atoms with E-state index in [9.17, 15) is 9.59 Å². The average Bonchev–Trinajstić information content (AvgIpc) is 2.79. The first kappa shape index (κ1) is 13.5. The molecular weight excluding hydrogens is 220 g/mol. The number of hydrogen-bond donors (Lipinski definition) is 2. The lowest BCUT2D eigenvalue weighted by molar-refractivity contribution is -0.145. The maximum Gasteiger partial charge on any atom is 0.323 e. The quantitative estimate of drug-likeness (QED) is 0.507. The van der Waals surface area contributed by atoms with E-state index in [1.165, 1.54) is 4.90 Å². The Kier molecular flexibility index (Phi) is 5.50. The van der Waals surface area contributed by atoms with E-state index in [2.05, 4.69) is 11.2 Å². The van der Waals surface area contributed by atoms with Crippen molar-refractivity contribution in [1.29, 1.82) is 0 Å². The van der Waals surface area contributed by atoms with Gasteiger partial charge in [0.05, 0.1) is 13.1 Å². The third-order valence-corrected chi connectivity index (χ3v) is 2.89. The van der Waals surface area contributed by atoms with Crippen molar-refractivity contribution in [2.45, 2.75) is 31.7 Å². The minimum absolute atomic E-state index is 0.0752. The molecule has 0 saturated heterocycles. The van der Waals surface area contributed by atoms with Crippen molar-refractivity contribution in [3.63, 3.8) is 0 Å². The largest absolute Gasteiger partial charge is 0.480 e. The van der Waals surface area contributed by atoms with Gasteiger partial charge in [0.25, 0.3) is 0 Å². The van der Waals surface area contributed by atoms with Crippen molar-refractivity contribution in [3.8, 4) is 12.3 Å². The number of hydrogen-bond acceptors (Lipinski definition) is 3. The molecule has 0 heterocycles. The molecule has 0 atom stereocenters. The maximum atomic E-state index is 11.9. The van der Waals surface area contributed by atoms with Crippen molar-refractivity contribution >= 4 is 11.9 Å². The van der Waals surface area contributed by atoms with Crippen LogP contribution in [-0.4, -0.2) is 47.6 Å². The first-order chi connectivity index (χ1) is 8.15. The number of aliphatic carboxylic acids is 1. The van der Waals surface area contributed by atoms with Gasteiger partial charge in [-0.25, -0.2) is 0 Å². The van der Waals surface area contributed by atoms with Gasteiger partial charge in [0.1, 0.15) is 6.54 Å². The van der Waals surface area contributed by atoms with E-state index in [1.807, 2.05) is 0 Å².